The van der Waals surface area contributed by atoms with Crippen LogP contribution in [-0.4, -0.2) is 8.76 Å². The molecule has 1 atom stereocenters. The monoisotopic (exact) mass is 193 g/mol. The summed E-state index contributed by atoms with van der Waals surface area (Å²) in [5.74, 6) is -0.284. The molecule has 0 fully saturated rings. The van der Waals surface area contributed by atoms with E-state index < -0.39 is 17.1 Å². The minimum atomic E-state index is -2.12. The van der Waals surface area contributed by atoms with Crippen molar-refractivity contribution < 1.29 is 17.6 Å². The molecule has 0 amide bonds. The second-order valence-corrected chi connectivity index (χ2v) is 2.79. The van der Waals surface area contributed by atoms with Gasteiger partial charge in [0.05, 0.1) is 6.54 Å². The normalized spacial score (nSPS) is 13.2. The SMILES string of the molecule is Cc1oc(=O)oc1CNS(=O)O. The minimum Gasteiger partial charge on any atom is -0.396 e. The lowest BCUT2D eigenvalue weighted by Crippen LogP contribution is -2.15. The Bertz CT molecular complexity index is 340. The smallest absolute Gasteiger partial charge is 0.396 e. The van der Waals surface area contributed by atoms with Crippen LogP contribution in [0.3, 0.4) is 0 Å². The van der Waals surface area contributed by atoms with Crippen molar-refractivity contribution in [2.75, 3.05) is 0 Å². The van der Waals surface area contributed by atoms with Crippen LogP contribution in [0, 0.1) is 6.92 Å². The Morgan fingerprint density at radius 3 is 2.67 bits per heavy atom. The van der Waals surface area contributed by atoms with Crippen LogP contribution in [0.2, 0.25) is 0 Å². The van der Waals surface area contributed by atoms with Gasteiger partial charge >= 0.3 is 5.82 Å². The molecule has 12 heavy (non-hydrogen) atoms. The Morgan fingerprint density at radius 1 is 1.58 bits per heavy atom. The lowest BCUT2D eigenvalue weighted by Gasteiger charge is -1.93. The Kier molecular flexibility index (Phi) is 2.79. The van der Waals surface area contributed by atoms with E-state index in [4.69, 9.17) is 4.55 Å². The molecule has 0 bridgehead atoms. The number of hydrogen-bond donors (Lipinski definition) is 2. The first-order valence-electron chi connectivity index (χ1n) is 3.03. The number of nitrogens with one attached hydrogen (secondary N) is 1. The third-order valence-corrected chi connectivity index (χ3v) is 1.58. The topological polar surface area (TPSA) is 92.7 Å². The molecule has 1 aromatic rings. The van der Waals surface area contributed by atoms with Gasteiger partial charge in [0, 0.05) is 0 Å². The highest BCUT2D eigenvalue weighted by atomic mass is 32.2. The summed E-state index contributed by atoms with van der Waals surface area (Å²) in [4.78, 5) is 10.5. The molecule has 1 rings (SSSR count). The van der Waals surface area contributed by atoms with Gasteiger partial charge in [-0.25, -0.2) is 13.7 Å². The highest BCUT2D eigenvalue weighted by Crippen LogP contribution is 2.03. The standard InChI is InChI=1S/C5H7NO5S/c1-3-4(2-6-12(8)9)11-5(7)10-3/h6H,2H2,1H3,(H,8,9). The first-order valence-corrected chi connectivity index (χ1v) is 4.14. The zero-order chi connectivity index (χ0) is 9.14. The molecule has 68 valence electrons. The van der Waals surface area contributed by atoms with Crippen molar-refractivity contribution in [3.8, 4) is 0 Å². The summed E-state index contributed by atoms with van der Waals surface area (Å²) < 4.78 is 29.7. The summed E-state index contributed by atoms with van der Waals surface area (Å²) in [6.07, 6.45) is 0. The zero-order valence-corrected chi connectivity index (χ0v) is 7.01. The van der Waals surface area contributed by atoms with Crippen molar-refractivity contribution in [1.82, 2.24) is 4.72 Å². The first kappa shape index (κ1) is 9.17. The maximum absolute atomic E-state index is 10.5. The van der Waals surface area contributed by atoms with Crippen LogP contribution in [0.1, 0.15) is 11.5 Å². The fourth-order valence-corrected chi connectivity index (χ4v) is 0.918. The predicted octanol–water partition coefficient (Wildman–Crippen LogP) is -0.232. The van der Waals surface area contributed by atoms with E-state index in [2.05, 4.69) is 13.6 Å². The van der Waals surface area contributed by atoms with Crippen LogP contribution in [0.25, 0.3) is 0 Å². The molecule has 0 aliphatic carbocycles. The van der Waals surface area contributed by atoms with Crippen molar-refractivity contribution in [3.63, 3.8) is 0 Å². The lowest BCUT2D eigenvalue weighted by molar-refractivity contribution is 0.368. The molecule has 0 radical (unpaired) electrons. The minimum absolute atomic E-state index is 0.0132. The zero-order valence-electron chi connectivity index (χ0n) is 6.20. The summed E-state index contributed by atoms with van der Waals surface area (Å²) in [7, 11) is 0. The fraction of sp³-hybridized carbons (Fsp3) is 0.400. The summed E-state index contributed by atoms with van der Waals surface area (Å²) in [5.41, 5.74) is 0. The van der Waals surface area contributed by atoms with E-state index in [9.17, 15) is 9.00 Å². The third kappa shape index (κ3) is 2.29. The van der Waals surface area contributed by atoms with Gasteiger partial charge in [0.2, 0.25) is 11.3 Å². The molecule has 6 nitrogen and oxygen atoms in total. The molecule has 0 spiro atoms. The molecular weight excluding hydrogens is 186 g/mol. The molecule has 1 aromatic heterocycles. The first-order chi connectivity index (χ1) is 5.59. The lowest BCUT2D eigenvalue weighted by atomic mass is 10.4. The molecule has 1 unspecified atom stereocenters. The van der Waals surface area contributed by atoms with Gasteiger partial charge in [0.15, 0.2) is 5.76 Å². The second-order valence-electron chi connectivity index (χ2n) is 2.00. The average Bonchev–Trinajstić information content (AvgIpc) is 2.26. The van der Waals surface area contributed by atoms with Crippen LogP contribution in [0.4, 0.5) is 0 Å². The van der Waals surface area contributed by atoms with Gasteiger partial charge in [0.25, 0.3) is 0 Å². The highest BCUT2D eigenvalue weighted by molar-refractivity contribution is 7.77. The van der Waals surface area contributed by atoms with Crippen molar-refractivity contribution in [2.24, 2.45) is 0 Å². The largest absolute Gasteiger partial charge is 0.519 e. The van der Waals surface area contributed by atoms with E-state index in [0.29, 0.717) is 5.76 Å². The van der Waals surface area contributed by atoms with Crippen molar-refractivity contribution in [2.45, 2.75) is 13.5 Å². The van der Waals surface area contributed by atoms with Crippen LogP contribution in [-0.2, 0) is 17.8 Å². The van der Waals surface area contributed by atoms with E-state index in [1.54, 1.807) is 0 Å². The van der Waals surface area contributed by atoms with E-state index >= 15 is 0 Å². The van der Waals surface area contributed by atoms with Gasteiger partial charge in [-0.3, -0.25) is 4.55 Å². The van der Waals surface area contributed by atoms with Gasteiger partial charge in [-0.1, -0.05) is 0 Å². The number of hydrogen-bond acceptors (Lipinski definition) is 4. The molecule has 1 heterocycles. The maximum atomic E-state index is 10.5. The predicted molar refractivity (Wildman–Crippen MR) is 39.6 cm³/mol. The summed E-state index contributed by atoms with van der Waals surface area (Å²) in [6, 6.07) is 0. The van der Waals surface area contributed by atoms with Crippen molar-refractivity contribution >= 4 is 11.3 Å². The molecule has 0 saturated carbocycles. The molecule has 0 aromatic carbocycles. The summed E-state index contributed by atoms with van der Waals surface area (Å²) in [6.45, 7) is 1.52. The quantitative estimate of drug-likeness (QED) is 0.646. The fourth-order valence-electron chi connectivity index (χ4n) is 0.663. The van der Waals surface area contributed by atoms with Crippen LogP contribution >= 0.6 is 0 Å². The number of aryl methyl sites for hydroxylation is 1. The van der Waals surface area contributed by atoms with E-state index in [1.165, 1.54) is 6.92 Å². The van der Waals surface area contributed by atoms with Gasteiger partial charge < -0.3 is 8.83 Å². The molecule has 0 saturated heterocycles. The van der Waals surface area contributed by atoms with Gasteiger partial charge in [-0.05, 0) is 6.92 Å². The molecular formula is C5H7NO5S. The van der Waals surface area contributed by atoms with Gasteiger partial charge in [-0.2, -0.15) is 0 Å². The summed E-state index contributed by atoms with van der Waals surface area (Å²) >= 11 is -2.12. The molecule has 7 heteroatoms. The highest BCUT2D eigenvalue weighted by Gasteiger charge is 2.07. The molecule has 0 aliphatic rings. The molecule has 2 N–H and O–H groups in total. The van der Waals surface area contributed by atoms with Crippen molar-refractivity contribution in [1.29, 1.82) is 0 Å². The Balaban J connectivity index is 2.69. The summed E-state index contributed by atoms with van der Waals surface area (Å²) in [5, 5.41) is 0. The Morgan fingerprint density at radius 2 is 2.25 bits per heavy atom. The van der Waals surface area contributed by atoms with E-state index in [-0.39, 0.29) is 12.3 Å². The van der Waals surface area contributed by atoms with Crippen LogP contribution in [0.5, 0.6) is 0 Å². The van der Waals surface area contributed by atoms with Crippen molar-refractivity contribution in [3.05, 3.63) is 22.1 Å². The third-order valence-electron chi connectivity index (χ3n) is 1.19. The van der Waals surface area contributed by atoms with E-state index in [1.807, 2.05) is 0 Å². The average molecular weight is 193 g/mol. The molecule has 0 aliphatic heterocycles. The van der Waals surface area contributed by atoms with E-state index in [0.717, 1.165) is 0 Å². The maximum Gasteiger partial charge on any atom is 0.519 e. The number of rotatable bonds is 3. The Hall–Kier alpha value is -0.920. The van der Waals surface area contributed by atoms with Crippen LogP contribution < -0.4 is 10.5 Å². The van der Waals surface area contributed by atoms with Gasteiger partial charge in [0.1, 0.15) is 5.76 Å². The van der Waals surface area contributed by atoms with Crippen LogP contribution in [0.15, 0.2) is 13.6 Å². The second kappa shape index (κ2) is 3.65. The van der Waals surface area contributed by atoms with Gasteiger partial charge in [-0.15, -0.1) is 0 Å². The Labute approximate surface area is 70.0 Å².